The molecule has 0 bridgehead atoms. The van der Waals surface area contributed by atoms with Crippen molar-refractivity contribution in [2.75, 3.05) is 6.54 Å². The smallest absolute Gasteiger partial charge is 0.226 e. The van der Waals surface area contributed by atoms with Gasteiger partial charge in [-0.25, -0.2) is 0 Å². The van der Waals surface area contributed by atoms with Crippen molar-refractivity contribution in [3.63, 3.8) is 0 Å². The molecule has 90 valence electrons. The number of aryl methyl sites for hydroxylation is 2. The molecule has 2 rings (SSSR count). The Morgan fingerprint density at radius 3 is 2.88 bits per heavy atom. The average Bonchev–Trinajstić information content (AvgIpc) is 2.77. The second kappa shape index (κ2) is 5.59. The van der Waals surface area contributed by atoms with Gasteiger partial charge in [-0.3, -0.25) is 0 Å². The molecule has 2 N–H and O–H groups in total. The molecular formula is C13H17N3O. The summed E-state index contributed by atoms with van der Waals surface area (Å²) in [7, 11) is 0. The van der Waals surface area contributed by atoms with E-state index in [9.17, 15) is 0 Å². The highest BCUT2D eigenvalue weighted by Gasteiger charge is 2.07. The third-order valence-electron chi connectivity index (χ3n) is 2.71. The van der Waals surface area contributed by atoms with E-state index in [1.54, 1.807) is 0 Å². The zero-order chi connectivity index (χ0) is 12.1. The van der Waals surface area contributed by atoms with E-state index in [1.807, 2.05) is 12.1 Å². The van der Waals surface area contributed by atoms with Gasteiger partial charge in [-0.05, 0) is 31.0 Å². The number of benzene rings is 1. The SMILES string of the molecule is Cc1ccccc1Cc1noc(CCCN)n1. The van der Waals surface area contributed by atoms with Gasteiger partial charge in [-0.2, -0.15) is 4.98 Å². The van der Waals surface area contributed by atoms with E-state index < -0.39 is 0 Å². The van der Waals surface area contributed by atoms with Crippen LogP contribution in [0.2, 0.25) is 0 Å². The molecule has 0 saturated heterocycles. The van der Waals surface area contributed by atoms with Gasteiger partial charge in [-0.15, -0.1) is 0 Å². The summed E-state index contributed by atoms with van der Waals surface area (Å²) >= 11 is 0. The number of nitrogens with two attached hydrogens (primary N) is 1. The minimum atomic E-state index is 0.648. The van der Waals surface area contributed by atoms with E-state index in [1.165, 1.54) is 11.1 Å². The topological polar surface area (TPSA) is 64.9 Å². The molecule has 0 aliphatic heterocycles. The number of rotatable bonds is 5. The Morgan fingerprint density at radius 2 is 2.12 bits per heavy atom. The van der Waals surface area contributed by atoms with E-state index in [0.29, 0.717) is 12.4 Å². The van der Waals surface area contributed by atoms with Crippen molar-refractivity contribution in [1.82, 2.24) is 10.1 Å². The van der Waals surface area contributed by atoms with Crippen LogP contribution >= 0.6 is 0 Å². The molecule has 0 unspecified atom stereocenters. The van der Waals surface area contributed by atoms with Crippen molar-refractivity contribution in [1.29, 1.82) is 0 Å². The lowest BCUT2D eigenvalue weighted by Gasteiger charge is -2.00. The van der Waals surface area contributed by atoms with Gasteiger partial charge < -0.3 is 10.3 Å². The molecule has 0 aliphatic rings. The number of nitrogens with zero attached hydrogens (tertiary/aromatic N) is 2. The zero-order valence-corrected chi connectivity index (χ0v) is 10.0. The summed E-state index contributed by atoms with van der Waals surface area (Å²) in [5.41, 5.74) is 7.92. The van der Waals surface area contributed by atoms with Crippen LogP contribution in [0.3, 0.4) is 0 Å². The van der Waals surface area contributed by atoms with E-state index in [2.05, 4.69) is 29.2 Å². The normalized spacial score (nSPS) is 10.7. The van der Waals surface area contributed by atoms with Gasteiger partial charge in [0.05, 0.1) is 0 Å². The molecule has 0 aliphatic carbocycles. The third-order valence-corrected chi connectivity index (χ3v) is 2.71. The Balaban J connectivity index is 2.04. The van der Waals surface area contributed by atoms with Crippen LogP contribution in [0.15, 0.2) is 28.8 Å². The van der Waals surface area contributed by atoms with Crippen LogP contribution in [0.1, 0.15) is 29.3 Å². The predicted molar refractivity (Wildman–Crippen MR) is 65.7 cm³/mol. The molecular weight excluding hydrogens is 214 g/mol. The number of aromatic nitrogens is 2. The highest BCUT2D eigenvalue weighted by molar-refractivity contribution is 5.27. The van der Waals surface area contributed by atoms with Crippen LogP contribution in [0, 0.1) is 6.92 Å². The summed E-state index contributed by atoms with van der Waals surface area (Å²) in [5.74, 6) is 1.42. The second-order valence-electron chi connectivity index (χ2n) is 4.10. The lowest BCUT2D eigenvalue weighted by atomic mass is 10.1. The Morgan fingerprint density at radius 1 is 1.29 bits per heavy atom. The Bertz CT molecular complexity index is 479. The first kappa shape index (κ1) is 11.8. The van der Waals surface area contributed by atoms with Crippen molar-refractivity contribution < 1.29 is 4.52 Å². The molecule has 0 radical (unpaired) electrons. The van der Waals surface area contributed by atoms with E-state index in [4.69, 9.17) is 10.3 Å². The van der Waals surface area contributed by atoms with Gasteiger partial charge in [-0.1, -0.05) is 29.4 Å². The van der Waals surface area contributed by atoms with E-state index in [-0.39, 0.29) is 0 Å². The Kier molecular flexibility index (Phi) is 3.88. The molecule has 0 atom stereocenters. The summed E-state index contributed by atoms with van der Waals surface area (Å²) in [5, 5.41) is 3.98. The van der Waals surface area contributed by atoms with Gasteiger partial charge in [0.2, 0.25) is 5.89 Å². The maximum Gasteiger partial charge on any atom is 0.226 e. The summed E-state index contributed by atoms with van der Waals surface area (Å²) in [6.45, 7) is 2.74. The molecule has 1 aromatic carbocycles. The molecule has 1 heterocycles. The standard InChI is InChI=1S/C13H17N3O/c1-10-5-2-3-6-11(10)9-12-15-13(17-16-12)7-4-8-14/h2-3,5-6H,4,7-9,14H2,1H3. The minimum Gasteiger partial charge on any atom is -0.339 e. The van der Waals surface area contributed by atoms with Gasteiger partial charge in [0, 0.05) is 12.8 Å². The van der Waals surface area contributed by atoms with Crippen LogP contribution in [-0.2, 0) is 12.8 Å². The molecule has 0 fully saturated rings. The van der Waals surface area contributed by atoms with Gasteiger partial charge >= 0.3 is 0 Å². The quantitative estimate of drug-likeness (QED) is 0.853. The molecule has 4 heteroatoms. The predicted octanol–water partition coefficient (Wildman–Crippen LogP) is 1.86. The maximum atomic E-state index is 5.44. The number of hydrogen-bond acceptors (Lipinski definition) is 4. The summed E-state index contributed by atoms with van der Waals surface area (Å²) < 4.78 is 5.16. The lowest BCUT2D eigenvalue weighted by Crippen LogP contribution is -2.00. The zero-order valence-electron chi connectivity index (χ0n) is 10.0. The van der Waals surface area contributed by atoms with Crippen molar-refractivity contribution in [2.24, 2.45) is 5.73 Å². The summed E-state index contributed by atoms with van der Waals surface area (Å²) in [6, 6.07) is 8.23. The molecule has 2 aromatic rings. The Hall–Kier alpha value is -1.68. The average molecular weight is 231 g/mol. The first-order valence-corrected chi connectivity index (χ1v) is 5.85. The van der Waals surface area contributed by atoms with Crippen LogP contribution in [0.4, 0.5) is 0 Å². The van der Waals surface area contributed by atoms with Crippen molar-refractivity contribution in [3.8, 4) is 0 Å². The Labute approximate surface area is 101 Å². The minimum absolute atomic E-state index is 0.648. The molecule has 17 heavy (non-hydrogen) atoms. The fourth-order valence-corrected chi connectivity index (χ4v) is 1.70. The van der Waals surface area contributed by atoms with E-state index in [0.717, 1.165) is 25.1 Å². The lowest BCUT2D eigenvalue weighted by molar-refractivity contribution is 0.371. The van der Waals surface area contributed by atoms with Crippen LogP contribution in [-0.4, -0.2) is 16.7 Å². The van der Waals surface area contributed by atoms with Gasteiger partial charge in [0.15, 0.2) is 5.82 Å². The van der Waals surface area contributed by atoms with Crippen LogP contribution in [0.25, 0.3) is 0 Å². The first-order valence-electron chi connectivity index (χ1n) is 5.85. The molecule has 1 aromatic heterocycles. The molecule has 4 nitrogen and oxygen atoms in total. The van der Waals surface area contributed by atoms with Gasteiger partial charge in [0.25, 0.3) is 0 Å². The number of hydrogen-bond donors (Lipinski definition) is 1. The van der Waals surface area contributed by atoms with Crippen molar-refractivity contribution in [3.05, 3.63) is 47.1 Å². The third kappa shape index (κ3) is 3.14. The molecule has 0 saturated carbocycles. The molecule has 0 amide bonds. The second-order valence-corrected chi connectivity index (χ2v) is 4.10. The highest BCUT2D eigenvalue weighted by Crippen LogP contribution is 2.11. The largest absolute Gasteiger partial charge is 0.339 e. The summed E-state index contributed by atoms with van der Waals surface area (Å²) in [4.78, 5) is 4.35. The van der Waals surface area contributed by atoms with Crippen molar-refractivity contribution >= 4 is 0 Å². The maximum absolute atomic E-state index is 5.44. The monoisotopic (exact) mass is 231 g/mol. The summed E-state index contributed by atoms with van der Waals surface area (Å²) in [6.07, 6.45) is 2.36. The fraction of sp³-hybridized carbons (Fsp3) is 0.385. The molecule has 0 spiro atoms. The van der Waals surface area contributed by atoms with Crippen molar-refractivity contribution in [2.45, 2.75) is 26.2 Å². The van der Waals surface area contributed by atoms with E-state index >= 15 is 0 Å². The van der Waals surface area contributed by atoms with Gasteiger partial charge in [0.1, 0.15) is 0 Å². The fourth-order valence-electron chi connectivity index (χ4n) is 1.70. The first-order chi connectivity index (χ1) is 8.29. The highest BCUT2D eigenvalue weighted by atomic mass is 16.5. The van der Waals surface area contributed by atoms with Crippen LogP contribution < -0.4 is 5.73 Å². The van der Waals surface area contributed by atoms with Crippen LogP contribution in [0.5, 0.6) is 0 Å².